The van der Waals surface area contributed by atoms with Crippen LogP contribution < -0.4 is 4.90 Å². The number of carbonyl (C=O) groups excluding carboxylic acids is 1. The fourth-order valence-corrected chi connectivity index (χ4v) is 4.18. The minimum atomic E-state index is 0.125. The number of hydrogen-bond acceptors (Lipinski definition) is 5. The quantitative estimate of drug-likeness (QED) is 0.894. The summed E-state index contributed by atoms with van der Waals surface area (Å²) in [5.41, 5.74) is 2.83. The first-order chi connectivity index (χ1) is 12.5. The average Bonchev–Trinajstić information content (AvgIpc) is 2.65. The van der Waals surface area contributed by atoms with Gasteiger partial charge in [0.1, 0.15) is 11.9 Å². The van der Waals surface area contributed by atoms with Gasteiger partial charge in [-0.1, -0.05) is 0 Å². The molecule has 0 saturated carbocycles. The van der Waals surface area contributed by atoms with Crippen molar-refractivity contribution in [3.63, 3.8) is 0 Å². The molecule has 1 spiro atoms. The highest BCUT2D eigenvalue weighted by Gasteiger charge is 2.41. The lowest BCUT2D eigenvalue weighted by atomic mass is 9.72. The van der Waals surface area contributed by atoms with E-state index in [1.807, 2.05) is 24.8 Å². The van der Waals surface area contributed by atoms with Crippen LogP contribution in [0.15, 0.2) is 6.07 Å². The average molecular weight is 356 g/mol. The smallest absolute Gasteiger partial charge is 0.222 e. The predicted molar refractivity (Wildman–Crippen MR) is 99.8 cm³/mol. The van der Waals surface area contributed by atoms with E-state index in [0.717, 1.165) is 56.0 Å². The van der Waals surface area contributed by atoms with Gasteiger partial charge in [-0.2, -0.15) is 5.26 Å². The largest absolute Gasteiger partial charge is 0.396 e. The van der Waals surface area contributed by atoms with Crippen molar-refractivity contribution >= 4 is 11.7 Å². The monoisotopic (exact) mass is 356 g/mol. The van der Waals surface area contributed by atoms with E-state index in [1.165, 1.54) is 0 Å². The lowest BCUT2D eigenvalue weighted by Gasteiger charge is -2.47. The number of aliphatic hydroxyl groups is 1. The van der Waals surface area contributed by atoms with Crippen LogP contribution in [0.1, 0.15) is 48.9 Å². The molecule has 140 valence electrons. The van der Waals surface area contributed by atoms with Crippen molar-refractivity contribution in [3.8, 4) is 6.07 Å². The molecule has 1 aromatic rings. The van der Waals surface area contributed by atoms with E-state index in [1.54, 1.807) is 0 Å². The van der Waals surface area contributed by atoms with Crippen LogP contribution in [0.2, 0.25) is 0 Å². The van der Waals surface area contributed by atoms with E-state index in [-0.39, 0.29) is 17.9 Å². The van der Waals surface area contributed by atoms with Crippen LogP contribution >= 0.6 is 0 Å². The molecule has 0 aliphatic carbocycles. The number of aromatic nitrogens is 1. The fraction of sp³-hybridized carbons (Fsp3) is 0.650. The van der Waals surface area contributed by atoms with E-state index >= 15 is 0 Å². The number of nitriles is 1. The number of piperidine rings is 2. The number of nitrogens with zero attached hydrogens (tertiary/aromatic N) is 4. The molecule has 3 rings (SSSR count). The van der Waals surface area contributed by atoms with Gasteiger partial charge in [0.2, 0.25) is 5.91 Å². The van der Waals surface area contributed by atoms with Gasteiger partial charge < -0.3 is 14.9 Å². The normalized spacial score (nSPS) is 19.7. The maximum Gasteiger partial charge on any atom is 0.222 e. The van der Waals surface area contributed by atoms with Gasteiger partial charge in [0, 0.05) is 44.9 Å². The molecule has 0 unspecified atom stereocenters. The van der Waals surface area contributed by atoms with Gasteiger partial charge in [0.25, 0.3) is 0 Å². The zero-order valence-corrected chi connectivity index (χ0v) is 15.8. The van der Waals surface area contributed by atoms with Crippen LogP contribution in [0.25, 0.3) is 0 Å². The minimum Gasteiger partial charge on any atom is -0.396 e. The molecule has 2 aliphatic heterocycles. The number of pyridine rings is 1. The Balaban J connectivity index is 1.70. The standard InChI is InChI=1S/C20H28N4O2/c1-15-12-17(13-21)19(22-16(15)2)23-9-6-20(7-10-23)5-4-18(26)24(14-20)8-3-11-25/h12,25H,3-11,14H2,1-2H3. The number of hydrogen-bond donors (Lipinski definition) is 1. The molecule has 0 aromatic carbocycles. The summed E-state index contributed by atoms with van der Waals surface area (Å²) in [6.45, 7) is 7.27. The predicted octanol–water partition coefficient (Wildman–Crippen LogP) is 2.16. The third kappa shape index (κ3) is 3.68. The zero-order valence-electron chi connectivity index (χ0n) is 15.8. The van der Waals surface area contributed by atoms with Gasteiger partial charge in [-0.25, -0.2) is 4.98 Å². The van der Waals surface area contributed by atoms with Crippen molar-refractivity contribution in [2.45, 2.75) is 46.0 Å². The SMILES string of the molecule is Cc1cc(C#N)c(N2CCC3(CCC(=O)N(CCCO)C3)CC2)nc1C. The zero-order chi connectivity index (χ0) is 18.7. The molecular formula is C20H28N4O2. The Bertz CT molecular complexity index is 717. The molecule has 2 saturated heterocycles. The maximum absolute atomic E-state index is 12.2. The first-order valence-electron chi connectivity index (χ1n) is 9.50. The molecule has 6 nitrogen and oxygen atoms in total. The maximum atomic E-state index is 12.2. The molecule has 2 aliphatic rings. The Hall–Kier alpha value is -2.13. The van der Waals surface area contributed by atoms with E-state index in [0.29, 0.717) is 24.9 Å². The summed E-state index contributed by atoms with van der Waals surface area (Å²) in [5.74, 6) is 1.02. The third-order valence-electron chi connectivity index (χ3n) is 6.02. The highest BCUT2D eigenvalue weighted by molar-refractivity contribution is 5.77. The summed E-state index contributed by atoms with van der Waals surface area (Å²) in [6.07, 6.45) is 4.22. The Morgan fingerprint density at radius 2 is 2.04 bits per heavy atom. The number of aryl methyl sites for hydroxylation is 2. The second-order valence-corrected chi connectivity index (χ2v) is 7.75. The lowest BCUT2D eigenvalue weighted by molar-refractivity contribution is -0.138. The number of carbonyl (C=O) groups is 1. The molecular weight excluding hydrogens is 328 g/mol. The number of amides is 1. The second-order valence-electron chi connectivity index (χ2n) is 7.75. The van der Waals surface area contributed by atoms with Crippen molar-refractivity contribution in [3.05, 3.63) is 22.9 Å². The van der Waals surface area contributed by atoms with Crippen LogP contribution in [-0.4, -0.2) is 53.7 Å². The van der Waals surface area contributed by atoms with Crippen LogP contribution in [-0.2, 0) is 4.79 Å². The second kappa shape index (κ2) is 7.63. The molecule has 0 atom stereocenters. The van der Waals surface area contributed by atoms with Gasteiger partial charge in [0.05, 0.1) is 5.56 Å². The third-order valence-corrected chi connectivity index (χ3v) is 6.02. The number of anilines is 1. The molecule has 2 fully saturated rings. The van der Waals surface area contributed by atoms with Gasteiger partial charge in [-0.3, -0.25) is 4.79 Å². The molecule has 1 N–H and O–H groups in total. The van der Waals surface area contributed by atoms with Gasteiger partial charge >= 0.3 is 0 Å². The Kier molecular flexibility index (Phi) is 5.47. The Labute approximate surface area is 155 Å². The van der Waals surface area contributed by atoms with Crippen molar-refractivity contribution < 1.29 is 9.90 Å². The molecule has 0 bridgehead atoms. The van der Waals surface area contributed by atoms with Crippen molar-refractivity contribution in [2.75, 3.05) is 37.7 Å². The number of aliphatic hydroxyl groups excluding tert-OH is 1. The first-order valence-corrected chi connectivity index (χ1v) is 9.50. The van der Waals surface area contributed by atoms with E-state index in [4.69, 9.17) is 5.11 Å². The summed E-state index contributed by atoms with van der Waals surface area (Å²) >= 11 is 0. The number of rotatable bonds is 4. The minimum absolute atomic E-state index is 0.125. The molecule has 1 amide bonds. The van der Waals surface area contributed by atoms with Gasteiger partial charge in [-0.15, -0.1) is 0 Å². The summed E-state index contributed by atoms with van der Waals surface area (Å²) in [4.78, 5) is 21.0. The molecule has 6 heteroatoms. The Morgan fingerprint density at radius 1 is 1.31 bits per heavy atom. The van der Waals surface area contributed by atoms with Crippen LogP contribution in [0.5, 0.6) is 0 Å². The lowest BCUT2D eigenvalue weighted by Crippen LogP contribution is -2.52. The van der Waals surface area contributed by atoms with Gasteiger partial charge in [-0.05, 0) is 56.6 Å². The van der Waals surface area contributed by atoms with Crippen molar-refractivity contribution in [1.29, 1.82) is 5.26 Å². The van der Waals surface area contributed by atoms with Crippen LogP contribution in [0.4, 0.5) is 5.82 Å². The van der Waals surface area contributed by atoms with E-state index in [2.05, 4.69) is 16.0 Å². The molecule has 26 heavy (non-hydrogen) atoms. The highest BCUT2D eigenvalue weighted by atomic mass is 16.3. The Morgan fingerprint density at radius 3 is 2.69 bits per heavy atom. The first kappa shape index (κ1) is 18.7. The van der Waals surface area contributed by atoms with E-state index < -0.39 is 0 Å². The summed E-state index contributed by atoms with van der Waals surface area (Å²) in [7, 11) is 0. The number of likely N-dealkylation sites (tertiary alicyclic amines) is 1. The molecule has 1 aromatic heterocycles. The summed E-state index contributed by atoms with van der Waals surface area (Å²) in [6, 6.07) is 4.22. The summed E-state index contributed by atoms with van der Waals surface area (Å²) < 4.78 is 0. The fourth-order valence-electron chi connectivity index (χ4n) is 4.18. The summed E-state index contributed by atoms with van der Waals surface area (Å²) in [5, 5.41) is 18.5. The topological polar surface area (TPSA) is 80.5 Å². The van der Waals surface area contributed by atoms with E-state index in [9.17, 15) is 10.1 Å². The molecule has 0 radical (unpaired) electrons. The van der Waals surface area contributed by atoms with Crippen molar-refractivity contribution in [2.24, 2.45) is 5.41 Å². The van der Waals surface area contributed by atoms with Gasteiger partial charge in [0.15, 0.2) is 0 Å². The van der Waals surface area contributed by atoms with Crippen molar-refractivity contribution in [1.82, 2.24) is 9.88 Å². The molecule has 3 heterocycles. The van der Waals surface area contributed by atoms with Crippen LogP contribution in [0.3, 0.4) is 0 Å². The highest BCUT2D eigenvalue weighted by Crippen LogP contribution is 2.41. The van der Waals surface area contributed by atoms with Crippen LogP contribution in [0, 0.1) is 30.6 Å².